The van der Waals surface area contributed by atoms with E-state index in [1.807, 2.05) is 18.4 Å². The average Bonchev–Trinajstić information content (AvgIpc) is 2.48. The van der Waals surface area contributed by atoms with Crippen molar-refractivity contribution in [1.82, 2.24) is 0 Å². The van der Waals surface area contributed by atoms with E-state index >= 15 is 0 Å². The van der Waals surface area contributed by atoms with Gasteiger partial charge < -0.3 is 4.43 Å². The first-order valence-corrected chi connectivity index (χ1v) is 10.7. The van der Waals surface area contributed by atoms with Gasteiger partial charge in [0.1, 0.15) is 0 Å². The standard InChI is InChI=1S/C20H26OSi/c1-20(2,3)22(4,5)21-16-19(17-12-8-6-9-13-17)18-14-10-7-11-15-18/h6-16H,1-5H3. The van der Waals surface area contributed by atoms with Gasteiger partial charge in [0, 0.05) is 5.57 Å². The van der Waals surface area contributed by atoms with Crippen LogP contribution in [0.15, 0.2) is 66.9 Å². The van der Waals surface area contributed by atoms with E-state index in [4.69, 9.17) is 4.43 Å². The molecule has 116 valence electrons. The summed E-state index contributed by atoms with van der Waals surface area (Å²) >= 11 is 0. The molecule has 22 heavy (non-hydrogen) atoms. The summed E-state index contributed by atoms with van der Waals surface area (Å²) in [5.74, 6) is 0. The Kier molecular flexibility index (Phi) is 4.92. The van der Waals surface area contributed by atoms with Crippen LogP contribution in [0.25, 0.3) is 5.57 Å². The van der Waals surface area contributed by atoms with Crippen molar-refractivity contribution in [1.29, 1.82) is 0 Å². The minimum Gasteiger partial charge on any atom is -0.548 e. The Balaban J connectivity index is 2.40. The fourth-order valence-corrected chi connectivity index (χ4v) is 2.69. The average molecular weight is 311 g/mol. The largest absolute Gasteiger partial charge is 0.548 e. The molecule has 0 N–H and O–H groups in total. The molecule has 0 aromatic heterocycles. The maximum atomic E-state index is 6.34. The van der Waals surface area contributed by atoms with Gasteiger partial charge in [-0.2, -0.15) is 0 Å². The second-order valence-electron chi connectivity index (χ2n) is 7.14. The first-order valence-electron chi connectivity index (χ1n) is 7.80. The minimum absolute atomic E-state index is 0.196. The van der Waals surface area contributed by atoms with Crippen molar-refractivity contribution < 1.29 is 4.43 Å². The first kappa shape index (κ1) is 16.6. The molecule has 0 spiro atoms. The normalized spacial score (nSPS) is 11.9. The Hall–Kier alpha value is -1.80. The third-order valence-corrected chi connectivity index (χ3v) is 8.77. The lowest BCUT2D eigenvalue weighted by atomic mass is 9.99. The van der Waals surface area contributed by atoms with Crippen molar-refractivity contribution in [2.24, 2.45) is 0 Å². The fourth-order valence-electron chi connectivity index (χ4n) is 1.92. The molecule has 2 aromatic rings. The van der Waals surface area contributed by atoms with Gasteiger partial charge in [-0.05, 0) is 29.3 Å². The molecule has 0 saturated carbocycles. The number of hydrogen-bond acceptors (Lipinski definition) is 1. The summed E-state index contributed by atoms with van der Waals surface area (Å²) < 4.78 is 6.34. The predicted octanol–water partition coefficient (Wildman–Crippen LogP) is 6.10. The maximum absolute atomic E-state index is 6.34. The lowest BCUT2D eigenvalue weighted by Crippen LogP contribution is -2.39. The molecule has 2 aromatic carbocycles. The van der Waals surface area contributed by atoms with Crippen LogP contribution in [0, 0.1) is 0 Å². The van der Waals surface area contributed by atoms with Crippen LogP contribution in [0.5, 0.6) is 0 Å². The van der Waals surface area contributed by atoms with Crippen molar-refractivity contribution >= 4 is 13.9 Å². The van der Waals surface area contributed by atoms with Crippen LogP contribution in [0.4, 0.5) is 0 Å². The second-order valence-corrected chi connectivity index (χ2v) is 11.9. The molecular formula is C20H26OSi. The molecule has 0 aliphatic heterocycles. The zero-order chi connectivity index (χ0) is 16.2. The van der Waals surface area contributed by atoms with Gasteiger partial charge in [0.25, 0.3) is 0 Å². The lowest BCUT2D eigenvalue weighted by molar-refractivity contribution is 0.432. The molecule has 0 atom stereocenters. The first-order chi connectivity index (χ1) is 10.3. The monoisotopic (exact) mass is 310 g/mol. The Labute approximate surface area is 135 Å². The third-order valence-electron chi connectivity index (χ3n) is 4.45. The molecule has 2 rings (SSSR count). The summed E-state index contributed by atoms with van der Waals surface area (Å²) in [6.07, 6.45) is 1.97. The van der Waals surface area contributed by atoms with Crippen molar-refractivity contribution in [2.75, 3.05) is 0 Å². The Morgan fingerprint density at radius 2 is 1.23 bits per heavy atom. The summed E-state index contributed by atoms with van der Waals surface area (Å²) in [5.41, 5.74) is 3.52. The lowest BCUT2D eigenvalue weighted by Gasteiger charge is -2.35. The van der Waals surface area contributed by atoms with Crippen molar-refractivity contribution in [3.05, 3.63) is 78.1 Å². The van der Waals surface area contributed by atoms with E-state index in [1.165, 1.54) is 11.1 Å². The molecule has 0 aliphatic rings. The van der Waals surface area contributed by atoms with E-state index < -0.39 is 8.32 Å². The Morgan fingerprint density at radius 3 is 1.59 bits per heavy atom. The van der Waals surface area contributed by atoms with Crippen LogP contribution in [0.3, 0.4) is 0 Å². The summed E-state index contributed by atoms with van der Waals surface area (Å²) in [6, 6.07) is 20.9. The molecule has 0 bridgehead atoms. The van der Waals surface area contributed by atoms with Gasteiger partial charge in [0.15, 0.2) is 0 Å². The molecule has 0 amide bonds. The topological polar surface area (TPSA) is 9.23 Å². The Bertz CT molecular complexity index is 580. The van der Waals surface area contributed by atoms with Gasteiger partial charge in [0.2, 0.25) is 8.32 Å². The molecular weight excluding hydrogens is 284 g/mol. The van der Waals surface area contributed by atoms with Crippen molar-refractivity contribution in [3.8, 4) is 0 Å². The van der Waals surface area contributed by atoms with Gasteiger partial charge in [-0.15, -0.1) is 0 Å². The zero-order valence-electron chi connectivity index (χ0n) is 14.3. The summed E-state index contributed by atoms with van der Waals surface area (Å²) in [7, 11) is -1.81. The van der Waals surface area contributed by atoms with Crippen LogP contribution in [-0.4, -0.2) is 8.32 Å². The fraction of sp³-hybridized carbons (Fsp3) is 0.300. The maximum Gasteiger partial charge on any atom is 0.249 e. The van der Waals surface area contributed by atoms with E-state index in [0.29, 0.717) is 0 Å². The smallest absolute Gasteiger partial charge is 0.249 e. The van der Waals surface area contributed by atoms with Crippen LogP contribution in [0.1, 0.15) is 31.9 Å². The van der Waals surface area contributed by atoms with E-state index in [9.17, 15) is 0 Å². The number of rotatable bonds is 4. The van der Waals surface area contributed by atoms with Gasteiger partial charge in [0.05, 0.1) is 6.26 Å². The predicted molar refractivity (Wildman–Crippen MR) is 98.2 cm³/mol. The molecule has 0 fully saturated rings. The highest BCUT2D eigenvalue weighted by Gasteiger charge is 2.38. The van der Waals surface area contributed by atoms with Crippen LogP contribution in [-0.2, 0) is 4.43 Å². The van der Waals surface area contributed by atoms with Gasteiger partial charge in [-0.25, -0.2) is 0 Å². The zero-order valence-corrected chi connectivity index (χ0v) is 15.3. The molecule has 1 nitrogen and oxygen atoms in total. The molecule has 0 aliphatic carbocycles. The highest BCUT2D eigenvalue weighted by molar-refractivity contribution is 6.74. The summed E-state index contributed by atoms with van der Waals surface area (Å²) in [5, 5.41) is 0.196. The number of benzene rings is 2. The summed E-state index contributed by atoms with van der Waals surface area (Å²) in [4.78, 5) is 0. The quantitative estimate of drug-likeness (QED) is 0.490. The van der Waals surface area contributed by atoms with E-state index in [2.05, 4.69) is 82.4 Å². The molecule has 0 saturated heterocycles. The number of hydrogen-bond donors (Lipinski definition) is 0. The second kappa shape index (κ2) is 6.53. The highest BCUT2D eigenvalue weighted by Crippen LogP contribution is 2.37. The van der Waals surface area contributed by atoms with E-state index in [-0.39, 0.29) is 5.04 Å². The van der Waals surface area contributed by atoms with E-state index in [0.717, 1.165) is 5.57 Å². The van der Waals surface area contributed by atoms with Crippen molar-refractivity contribution in [2.45, 2.75) is 38.9 Å². The summed E-state index contributed by atoms with van der Waals surface area (Å²) in [6.45, 7) is 11.3. The van der Waals surface area contributed by atoms with Crippen LogP contribution < -0.4 is 0 Å². The molecule has 0 radical (unpaired) electrons. The van der Waals surface area contributed by atoms with Crippen molar-refractivity contribution in [3.63, 3.8) is 0 Å². The Morgan fingerprint density at radius 1 is 0.818 bits per heavy atom. The van der Waals surface area contributed by atoms with Crippen LogP contribution >= 0.6 is 0 Å². The molecule has 0 unspecified atom stereocenters. The highest BCUT2D eigenvalue weighted by atomic mass is 28.4. The van der Waals surface area contributed by atoms with Crippen LogP contribution in [0.2, 0.25) is 18.1 Å². The molecule has 0 heterocycles. The third kappa shape index (κ3) is 3.89. The van der Waals surface area contributed by atoms with Gasteiger partial charge >= 0.3 is 0 Å². The minimum atomic E-state index is -1.81. The van der Waals surface area contributed by atoms with Gasteiger partial charge in [-0.3, -0.25) is 0 Å². The van der Waals surface area contributed by atoms with E-state index in [1.54, 1.807) is 0 Å². The molecule has 2 heteroatoms. The SMILES string of the molecule is CC(C)(C)[Si](C)(C)OC=C(c1ccccc1)c1ccccc1. The van der Waals surface area contributed by atoms with Gasteiger partial charge in [-0.1, -0.05) is 81.4 Å².